The van der Waals surface area contributed by atoms with E-state index in [1.165, 1.54) is 45.1 Å². The third-order valence-electron chi connectivity index (χ3n) is 6.33. The first-order chi connectivity index (χ1) is 13.4. The van der Waals surface area contributed by atoms with E-state index in [0.29, 0.717) is 23.7 Å². The average molecular weight is 373 g/mol. The van der Waals surface area contributed by atoms with Gasteiger partial charge in [0.05, 0.1) is 22.8 Å². The number of aliphatic imine (C=N–C) groups is 2. The van der Waals surface area contributed by atoms with Gasteiger partial charge in [-0.2, -0.15) is 0 Å². The molecule has 0 N–H and O–H groups in total. The first-order valence-corrected chi connectivity index (χ1v) is 10.8. The maximum Gasteiger partial charge on any atom is 0.0703 e. The Balaban J connectivity index is 1.85. The predicted octanol–water partition coefficient (Wildman–Crippen LogP) is 7.79. The molecule has 2 atom stereocenters. The van der Waals surface area contributed by atoms with Crippen molar-refractivity contribution >= 4 is 22.8 Å². The lowest BCUT2D eigenvalue weighted by atomic mass is 9.82. The quantitative estimate of drug-likeness (QED) is 0.525. The summed E-state index contributed by atoms with van der Waals surface area (Å²) < 4.78 is 0. The molecule has 0 saturated heterocycles. The molecule has 0 amide bonds. The van der Waals surface area contributed by atoms with Crippen molar-refractivity contribution in [3.63, 3.8) is 0 Å². The molecule has 0 spiro atoms. The van der Waals surface area contributed by atoms with E-state index in [2.05, 4.69) is 77.9 Å². The molecular weight excluding hydrogens is 340 g/mol. The second-order valence-electron chi connectivity index (χ2n) is 9.21. The standard InChI is InChI=1S/C26H32N2/c1-15(2)19-9-7-11-21-17(5)13-23(27-25(19)21)24-14-18(6)22-12-8-10-20(16(3)4)26(22)28-24/h7-12,15-18H,13-14H2,1-6H3. The molecule has 0 fully saturated rings. The van der Waals surface area contributed by atoms with E-state index in [4.69, 9.17) is 9.98 Å². The summed E-state index contributed by atoms with van der Waals surface area (Å²) >= 11 is 0. The van der Waals surface area contributed by atoms with Crippen molar-refractivity contribution in [3.05, 3.63) is 58.7 Å². The van der Waals surface area contributed by atoms with Gasteiger partial charge < -0.3 is 0 Å². The highest BCUT2D eigenvalue weighted by atomic mass is 14.9. The van der Waals surface area contributed by atoms with Crippen LogP contribution in [0.2, 0.25) is 0 Å². The Morgan fingerprint density at radius 1 is 0.679 bits per heavy atom. The van der Waals surface area contributed by atoms with Crippen molar-refractivity contribution in [3.8, 4) is 0 Å². The van der Waals surface area contributed by atoms with E-state index >= 15 is 0 Å². The number of nitrogens with zero attached hydrogens (tertiary/aromatic N) is 2. The van der Waals surface area contributed by atoms with Crippen LogP contribution in [-0.4, -0.2) is 11.4 Å². The first-order valence-electron chi connectivity index (χ1n) is 10.8. The van der Waals surface area contributed by atoms with Gasteiger partial charge in [-0.15, -0.1) is 0 Å². The van der Waals surface area contributed by atoms with E-state index < -0.39 is 0 Å². The molecule has 2 aliphatic rings. The molecule has 28 heavy (non-hydrogen) atoms. The van der Waals surface area contributed by atoms with Crippen LogP contribution in [0.5, 0.6) is 0 Å². The van der Waals surface area contributed by atoms with Gasteiger partial charge in [-0.25, -0.2) is 0 Å². The number of hydrogen-bond acceptors (Lipinski definition) is 2. The fraction of sp³-hybridized carbons (Fsp3) is 0.462. The molecule has 4 rings (SSSR count). The number of para-hydroxylation sites is 2. The zero-order valence-electron chi connectivity index (χ0n) is 18.1. The van der Waals surface area contributed by atoms with Crippen LogP contribution in [0, 0.1) is 0 Å². The Kier molecular flexibility index (Phi) is 4.99. The fourth-order valence-electron chi connectivity index (χ4n) is 4.67. The molecule has 0 aliphatic carbocycles. The van der Waals surface area contributed by atoms with Crippen LogP contribution < -0.4 is 0 Å². The highest BCUT2D eigenvalue weighted by Crippen LogP contribution is 2.43. The molecule has 2 nitrogen and oxygen atoms in total. The summed E-state index contributed by atoms with van der Waals surface area (Å²) in [5.74, 6) is 1.93. The van der Waals surface area contributed by atoms with Crippen molar-refractivity contribution in [2.75, 3.05) is 0 Å². The fourth-order valence-corrected chi connectivity index (χ4v) is 4.67. The topological polar surface area (TPSA) is 24.7 Å². The van der Waals surface area contributed by atoms with Crippen molar-refractivity contribution in [2.24, 2.45) is 9.98 Å². The molecule has 2 aliphatic heterocycles. The molecular formula is C26H32N2. The third kappa shape index (κ3) is 3.23. The van der Waals surface area contributed by atoms with Crippen molar-refractivity contribution in [1.29, 1.82) is 0 Å². The van der Waals surface area contributed by atoms with Crippen LogP contribution in [0.15, 0.2) is 46.4 Å². The highest BCUT2D eigenvalue weighted by Gasteiger charge is 2.29. The zero-order valence-corrected chi connectivity index (χ0v) is 18.1. The number of hydrogen-bond donors (Lipinski definition) is 0. The van der Waals surface area contributed by atoms with Gasteiger partial charge in [0.1, 0.15) is 0 Å². The second kappa shape index (κ2) is 7.31. The zero-order chi connectivity index (χ0) is 20.0. The maximum atomic E-state index is 5.21. The number of benzene rings is 2. The van der Waals surface area contributed by atoms with Crippen molar-refractivity contribution in [1.82, 2.24) is 0 Å². The van der Waals surface area contributed by atoms with Crippen LogP contribution >= 0.6 is 0 Å². The van der Waals surface area contributed by atoms with Crippen LogP contribution in [0.1, 0.15) is 100 Å². The number of rotatable bonds is 3. The average Bonchev–Trinajstić information content (AvgIpc) is 2.66. The Morgan fingerprint density at radius 3 is 1.43 bits per heavy atom. The molecule has 0 aromatic heterocycles. The predicted molar refractivity (Wildman–Crippen MR) is 121 cm³/mol. The van der Waals surface area contributed by atoms with Gasteiger partial charge in [-0.05, 0) is 58.8 Å². The monoisotopic (exact) mass is 372 g/mol. The van der Waals surface area contributed by atoms with Crippen molar-refractivity contribution in [2.45, 2.75) is 78.1 Å². The minimum atomic E-state index is 0.478. The lowest BCUT2D eigenvalue weighted by molar-refractivity contribution is 0.765. The van der Waals surface area contributed by atoms with Crippen molar-refractivity contribution < 1.29 is 0 Å². The summed E-state index contributed by atoms with van der Waals surface area (Å²) in [6.07, 6.45) is 1.97. The van der Waals surface area contributed by atoms with Gasteiger partial charge in [0.2, 0.25) is 0 Å². The summed E-state index contributed by atoms with van der Waals surface area (Å²) in [6.45, 7) is 13.7. The molecule has 2 unspecified atom stereocenters. The van der Waals surface area contributed by atoms with Gasteiger partial charge in [0, 0.05) is 0 Å². The normalized spacial score (nSPS) is 21.3. The lowest BCUT2D eigenvalue weighted by Crippen LogP contribution is -2.24. The largest absolute Gasteiger partial charge is 0.251 e. The summed E-state index contributed by atoms with van der Waals surface area (Å²) in [6, 6.07) is 13.4. The molecule has 2 heterocycles. The summed E-state index contributed by atoms with van der Waals surface area (Å²) in [4.78, 5) is 10.4. The summed E-state index contributed by atoms with van der Waals surface area (Å²) in [5, 5.41) is 0. The minimum absolute atomic E-state index is 0.478. The van der Waals surface area contributed by atoms with E-state index in [1.807, 2.05) is 0 Å². The van der Waals surface area contributed by atoms with Crippen LogP contribution in [-0.2, 0) is 0 Å². The SMILES string of the molecule is CC(C)c1cccc2c1N=C(C1=Nc3c(C(C)C)cccc3C(C)C1)CC2C. The summed E-state index contributed by atoms with van der Waals surface area (Å²) in [5.41, 5.74) is 10.3. The molecule has 2 heteroatoms. The Hall–Kier alpha value is -2.22. The van der Waals surface area contributed by atoms with Gasteiger partial charge in [0.25, 0.3) is 0 Å². The van der Waals surface area contributed by atoms with E-state index in [-0.39, 0.29) is 0 Å². The van der Waals surface area contributed by atoms with Gasteiger partial charge >= 0.3 is 0 Å². The molecule has 0 saturated carbocycles. The molecule has 2 aromatic rings. The smallest absolute Gasteiger partial charge is 0.0703 e. The molecule has 0 bridgehead atoms. The van der Waals surface area contributed by atoms with Crippen LogP contribution in [0.25, 0.3) is 0 Å². The van der Waals surface area contributed by atoms with Crippen LogP contribution in [0.4, 0.5) is 11.4 Å². The van der Waals surface area contributed by atoms with Gasteiger partial charge in [0.15, 0.2) is 0 Å². The van der Waals surface area contributed by atoms with E-state index in [1.54, 1.807) is 0 Å². The number of fused-ring (bicyclic) bond motifs is 2. The Bertz CT molecular complexity index is 883. The lowest BCUT2D eigenvalue weighted by Gasteiger charge is -2.29. The minimum Gasteiger partial charge on any atom is -0.251 e. The van der Waals surface area contributed by atoms with E-state index in [9.17, 15) is 0 Å². The maximum absolute atomic E-state index is 5.21. The highest BCUT2D eigenvalue weighted by molar-refractivity contribution is 6.44. The van der Waals surface area contributed by atoms with Crippen LogP contribution in [0.3, 0.4) is 0 Å². The summed E-state index contributed by atoms with van der Waals surface area (Å²) in [7, 11) is 0. The molecule has 0 radical (unpaired) electrons. The molecule has 2 aromatic carbocycles. The molecule has 146 valence electrons. The van der Waals surface area contributed by atoms with E-state index in [0.717, 1.165) is 12.8 Å². The Labute approximate surface area is 169 Å². The van der Waals surface area contributed by atoms with Gasteiger partial charge in [-0.1, -0.05) is 77.9 Å². The first kappa shape index (κ1) is 19.1. The second-order valence-corrected chi connectivity index (χ2v) is 9.21. The Morgan fingerprint density at radius 2 is 1.07 bits per heavy atom. The third-order valence-corrected chi connectivity index (χ3v) is 6.33. The van der Waals surface area contributed by atoms with Gasteiger partial charge in [-0.3, -0.25) is 9.98 Å².